The molecule has 0 bridgehead atoms. The fourth-order valence-electron chi connectivity index (χ4n) is 3.65. The second-order valence-corrected chi connectivity index (χ2v) is 7.42. The van der Waals surface area contributed by atoms with Gasteiger partial charge in [0, 0.05) is 18.7 Å². The summed E-state index contributed by atoms with van der Waals surface area (Å²) in [6.07, 6.45) is 3.61. The van der Waals surface area contributed by atoms with Crippen LogP contribution in [0.5, 0.6) is 0 Å². The van der Waals surface area contributed by atoms with Gasteiger partial charge in [-0.2, -0.15) is 0 Å². The van der Waals surface area contributed by atoms with Crippen molar-refractivity contribution in [2.45, 2.75) is 33.2 Å². The topological polar surface area (TPSA) is 51.2 Å². The van der Waals surface area contributed by atoms with Gasteiger partial charge in [0.15, 0.2) is 11.5 Å². The van der Waals surface area contributed by atoms with Crippen LogP contribution in [0.3, 0.4) is 0 Å². The Morgan fingerprint density at radius 1 is 1.04 bits per heavy atom. The van der Waals surface area contributed by atoms with Crippen LogP contribution in [0.1, 0.15) is 29.1 Å². The summed E-state index contributed by atoms with van der Waals surface area (Å²) in [5.41, 5.74) is 5.63. The van der Waals surface area contributed by atoms with Crippen molar-refractivity contribution >= 4 is 16.7 Å². The maximum atomic E-state index is 4.85. The lowest BCUT2D eigenvalue weighted by atomic mass is 10.1. The SMILES string of the molecule is Cc1c(C)n(CCCN(C)C)c2ncn3nc(Cc4ccccc4)nc3c12. The molecular weight excluding hydrogens is 336 g/mol. The van der Waals surface area contributed by atoms with Gasteiger partial charge in [0.05, 0.1) is 5.39 Å². The van der Waals surface area contributed by atoms with E-state index in [1.807, 2.05) is 22.7 Å². The van der Waals surface area contributed by atoms with Gasteiger partial charge >= 0.3 is 0 Å². The van der Waals surface area contributed by atoms with Crippen molar-refractivity contribution in [3.05, 3.63) is 59.3 Å². The Bertz CT molecular complexity index is 1070. The predicted molar refractivity (Wildman–Crippen MR) is 108 cm³/mol. The minimum absolute atomic E-state index is 0.728. The van der Waals surface area contributed by atoms with Crippen LogP contribution < -0.4 is 0 Å². The summed E-state index contributed by atoms with van der Waals surface area (Å²) in [6, 6.07) is 10.3. The molecular formula is C21H26N6. The number of hydrogen-bond donors (Lipinski definition) is 0. The summed E-state index contributed by atoms with van der Waals surface area (Å²) in [6.45, 7) is 6.35. The van der Waals surface area contributed by atoms with E-state index in [-0.39, 0.29) is 0 Å². The van der Waals surface area contributed by atoms with Gasteiger partial charge in [-0.1, -0.05) is 30.3 Å². The minimum Gasteiger partial charge on any atom is -0.329 e. The van der Waals surface area contributed by atoms with Crippen LogP contribution >= 0.6 is 0 Å². The first-order valence-corrected chi connectivity index (χ1v) is 9.43. The van der Waals surface area contributed by atoms with Crippen LogP contribution in [-0.4, -0.2) is 49.7 Å². The Morgan fingerprint density at radius 2 is 1.81 bits per heavy atom. The van der Waals surface area contributed by atoms with Gasteiger partial charge in [-0.25, -0.2) is 14.5 Å². The number of benzene rings is 1. The molecule has 0 aliphatic heterocycles. The average Bonchev–Trinajstić information content (AvgIpc) is 3.16. The van der Waals surface area contributed by atoms with E-state index in [1.54, 1.807) is 6.33 Å². The van der Waals surface area contributed by atoms with Gasteiger partial charge in [-0.3, -0.25) is 0 Å². The molecule has 0 aliphatic rings. The summed E-state index contributed by atoms with van der Waals surface area (Å²) in [4.78, 5) is 11.8. The Morgan fingerprint density at radius 3 is 2.56 bits per heavy atom. The lowest BCUT2D eigenvalue weighted by Gasteiger charge is -2.11. The van der Waals surface area contributed by atoms with Crippen molar-refractivity contribution in [2.24, 2.45) is 0 Å². The van der Waals surface area contributed by atoms with Gasteiger partial charge in [-0.15, -0.1) is 5.10 Å². The maximum Gasteiger partial charge on any atom is 0.168 e. The van der Waals surface area contributed by atoms with Crippen LogP contribution in [-0.2, 0) is 13.0 Å². The fourth-order valence-corrected chi connectivity index (χ4v) is 3.65. The van der Waals surface area contributed by atoms with Gasteiger partial charge in [0.1, 0.15) is 12.0 Å². The van der Waals surface area contributed by atoms with Crippen molar-refractivity contribution in [3.63, 3.8) is 0 Å². The van der Waals surface area contributed by atoms with Crippen LogP contribution in [0.25, 0.3) is 16.7 Å². The van der Waals surface area contributed by atoms with Crippen molar-refractivity contribution in [2.75, 3.05) is 20.6 Å². The highest BCUT2D eigenvalue weighted by molar-refractivity contribution is 5.93. The molecule has 4 rings (SSSR count). The highest BCUT2D eigenvalue weighted by Gasteiger charge is 2.17. The zero-order chi connectivity index (χ0) is 19.0. The lowest BCUT2D eigenvalue weighted by molar-refractivity contribution is 0.387. The molecule has 27 heavy (non-hydrogen) atoms. The third-order valence-electron chi connectivity index (χ3n) is 5.18. The molecule has 4 aromatic rings. The molecule has 6 heteroatoms. The van der Waals surface area contributed by atoms with Gasteiger partial charge < -0.3 is 9.47 Å². The molecule has 0 radical (unpaired) electrons. The van der Waals surface area contributed by atoms with Gasteiger partial charge in [0.25, 0.3) is 0 Å². The molecule has 6 nitrogen and oxygen atoms in total. The van der Waals surface area contributed by atoms with E-state index in [4.69, 9.17) is 9.97 Å². The van der Waals surface area contributed by atoms with Crippen LogP contribution in [0, 0.1) is 13.8 Å². The molecule has 3 heterocycles. The van der Waals surface area contributed by atoms with E-state index in [0.29, 0.717) is 0 Å². The summed E-state index contributed by atoms with van der Waals surface area (Å²) in [5, 5.41) is 5.77. The minimum atomic E-state index is 0.728. The molecule has 0 aliphatic carbocycles. The maximum absolute atomic E-state index is 4.85. The zero-order valence-electron chi connectivity index (χ0n) is 16.5. The van der Waals surface area contributed by atoms with E-state index >= 15 is 0 Å². The molecule has 140 valence electrons. The quantitative estimate of drug-likeness (QED) is 0.528. The first-order valence-electron chi connectivity index (χ1n) is 9.43. The smallest absolute Gasteiger partial charge is 0.168 e. The largest absolute Gasteiger partial charge is 0.329 e. The summed E-state index contributed by atoms with van der Waals surface area (Å²) in [7, 11) is 4.22. The number of aromatic nitrogens is 5. The number of aryl methyl sites for hydroxylation is 2. The van der Waals surface area contributed by atoms with Crippen molar-refractivity contribution in [1.29, 1.82) is 0 Å². The number of rotatable bonds is 6. The first-order chi connectivity index (χ1) is 13.0. The highest BCUT2D eigenvalue weighted by Crippen LogP contribution is 2.27. The second kappa shape index (κ2) is 7.12. The van der Waals surface area contributed by atoms with E-state index in [9.17, 15) is 0 Å². The van der Waals surface area contributed by atoms with Crippen LogP contribution in [0.2, 0.25) is 0 Å². The molecule has 0 atom stereocenters. The van der Waals surface area contributed by atoms with Gasteiger partial charge in [0.2, 0.25) is 0 Å². The lowest BCUT2D eigenvalue weighted by Crippen LogP contribution is -2.15. The normalized spacial score (nSPS) is 11.9. The fraction of sp³-hybridized carbons (Fsp3) is 0.381. The van der Waals surface area contributed by atoms with Gasteiger partial charge in [-0.05, 0) is 52.0 Å². The van der Waals surface area contributed by atoms with Crippen molar-refractivity contribution in [3.8, 4) is 0 Å². The summed E-state index contributed by atoms with van der Waals surface area (Å²) in [5.74, 6) is 0.827. The van der Waals surface area contributed by atoms with E-state index < -0.39 is 0 Å². The standard InChI is InChI=1S/C21H26N6/c1-15-16(2)26(12-8-11-25(3)4)20-19(15)21-23-18(24-27(21)14-22-20)13-17-9-6-5-7-10-17/h5-7,9-10,14H,8,11-13H2,1-4H3. The molecule has 0 saturated carbocycles. The Hall–Kier alpha value is -2.73. The molecule has 0 N–H and O–H groups in total. The van der Waals surface area contributed by atoms with Crippen molar-refractivity contribution < 1.29 is 0 Å². The number of fused-ring (bicyclic) bond motifs is 3. The average molecular weight is 362 g/mol. The first kappa shape index (κ1) is 17.7. The van der Waals surface area contributed by atoms with Crippen LogP contribution in [0.4, 0.5) is 0 Å². The second-order valence-electron chi connectivity index (χ2n) is 7.42. The Labute approximate surface area is 159 Å². The summed E-state index contributed by atoms with van der Waals surface area (Å²) >= 11 is 0. The highest BCUT2D eigenvalue weighted by atomic mass is 15.3. The molecule has 0 amide bonds. The molecule has 0 fully saturated rings. The molecule has 0 saturated heterocycles. The molecule has 0 spiro atoms. The predicted octanol–water partition coefficient (Wildman–Crippen LogP) is 3.24. The third-order valence-corrected chi connectivity index (χ3v) is 5.18. The Balaban J connectivity index is 1.74. The molecule has 1 aromatic carbocycles. The van der Waals surface area contributed by atoms with E-state index in [2.05, 4.69) is 54.6 Å². The molecule has 0 unspecified atom stereocenters. The zero-order valence-corrected chi connectivity index (χ0v) is 16.5. The molecule has 3 aromatic heterocycles. The monoisotopic (exact) mass is 362 g/mol. The third kappa shape index (κ3) is 3.32. The van der Waals surface area contributed by atoms with Crippen LogP contribution in [0.15, 0.2) is 36.7 Å². The Kier molecular flexibility index (Phi) is 4.66. The van der Waals surface area contributed by atoms with Crippen molar-refractivity contribution in [1.82, 2.24) is 29.0 Å². The number of hydrogen-bond acceptors (Lipinski definition) is 4. The van der Waals surface area contributed by atoms with E-state index in [1.165, 1.54) is 16.8 Å². The van der Waals surface area contributed by atoms with E-state index in [0.717, 1.165) is 48.4 Å². The summed E-state index contributed by atoms with van der Waals surface area (Å²) < 4.78 is 4.14. The number of nitrogens with zero attached hydrogens (tertiary/aromatic N) is 6.